The maximum Gasteiger partial charge on any atom is 0.332 e. The van der Waals surface area contributed by atoms with Gasteiger partial charge in [-0.15, -0.1) is 6.58 Å². The van der Waals surface area contributed by atoms with Gasteiger partial charge < -0.3 is 29.9 Å². The summed E-state index contributed by atoms with van der Waals surface area (Å²) >= 11 is 0. The van der Waals surface area contributed by atoms with Crippen LogP contribution in [-0.4, -0.2) is 55.9 Å². The summed E-state index contributed by atoms with van der Waals surface area (Å²) in [5, 5.41) is 3.79. The molecule has 1 saturated carbocycles. The van der Waals surface area contributed by atoms with Crippen LogP contribution in [0, 0.1) is 5.92 Å². The minimum absolute atomic E-state index is 0.0321. The number of nitrogens with one attached hydrogen (secondary N) is 1. The summed E-state index contributed by atoms with van der Waals surface area (Å²) in [5.41, 5.74) is 7.10. The van der Waals surface area contributed by atoms with E-state index in [1.165, 1.54) is 0 Å². The van der Waals surface area contributed by atoms with E-state index in [9.17, 15) is 9.59 Å². The first-order valence-electron chi connectivity index (χ1n) is 13.6. The molecule has 3 N–H and O–H groups in total. The Morgan fingerprint density at radius 2 is 2.02 bits per heavy atom. The minimum atomic E-state index is -1.08. The lowest BCUT2D eigenvalue weighted by Gasteiger charge is -2.21. The van der Waals surface area contributed by atoms with Crippen LogP contribution in [0.3, 0.4) is 0 Å². The van der Waals surface area contributed by atoms with Crippen LogP contribution in [0.4, 0.5) is 0 Å². The topological polar surface area (TPSA) is 122 Å². The van der Waals surface area contributed by atoms with E-state index in [1.54, 1.807) is 20.1 Å². The lowest BCUT2D eigenvalue weighted by molar-refractivity contribution is -0.149. The van der Waals surface area contributed by atoms with Gasteiger partial charge in [0.15, 0.2) is 0 Å². The van der Waals surface area contributed by atoms with Crippen molar-refractivity contribution in [2.24, 2.45) is 11.7 Å². The van der Waals surface area contributed by atoms with E-state index in [0.717, 1.165) is 22.2 Å². The highest BCUT2D eigenvalue weighted by Crippen LogP contribution is 2.47. The number of rotatable bonds is 11. The van der Waals surface area contributed by atoms with E-state index in [1.807, 2.05) is 54.6 Å². The van der Waals surface area contributed by atoms with Gasteiger partial charge in [-0.1, -0.05) is 36.4 Å². The third-order valence-electron chi connectivity index (χ3n) is 7.74. The Kier molecular flexibility index (Phi) is 8.09. The molecule has 1 amide bonds. The molecule has 0 bridgehead atoms. The molecule has 2 fully saturated rings. The van der Waals surface area contributed by atoms with Crippen LogP contribution in [0.1, 0.15) is 19.8 Å². The van der Waals surface area contributed by atoms with Crippen molar-refractivity contribution in [1.29, 1.82) is 0 Å². The molecular formula is C30H34BN3O6. The number of methoxy groups -OCH3 is 1. The Morgan fingerprint density at radius 1 is 1.23 bits per heavy atom. The van der Waals surface area contributed by atoms with Gasteiger partial charge in [-0.25, -0.2) is 9.78 Å². The van der Waals surface area contributed by atoms with Crippen LogP contribution in [0.5, 0.6) is 11.5 Å². The molecule has 2 aliphatic rings. The van der Waals surface area contributed by atoms with Crippen molar-refractivity contribution >= 4 is 29.7 Å². The lowest BCUT2D eigenvalue weighted by atomic mass is 9.57. The first-order chi connectivity index (χ1) is 19.4. The summed E-state index contributed by atoms with van der Waals surface area (Å²) in [6, 6.07) is 17.4. The minimum Gasteiger partial charge on any atom is -0.497 e. The molecule has 9 nitrogen and oxygen atoms in total. The number of ether oxygens (including phenoxy) is 3. The normalized spacial score (nSPS) is 23.5. The van der Waals surface area contributed by atoms with Gasteiger partial charge in [0.05, 0.1) is 37.8 Å². The SMILES string of the molecule is C=CC1C[C@@]1(NC(=O)C1C[C@@H](Oc2cc(-c3ccccc3)nc3cc(OC)ccc23)CB1OCN)C(=O)OCC. The molecular weight excluding hydrogens is 509 g/mol. The van der Waals surface area contributed by atoms with Crippen LogP contribution < -0.4 is 20.5 Å². The van der Waals surface area contributed by atoms with E-state index in [2.05, 4.69) is 11.9 Å². The number of nitrogens with two attached hydrogens (primary N) is 1. The highest BCUT2D eigenvalue weighted by atomic mass is 16.5. The van der Waals surface area contributed by atoms with Gasteiger partial charge in [0.25, 0.3) is 0 Å². The van der Waals surface area contributed by atoms with E-state index >= 15 is 0 Å². The van der Waals surface area contributed by atoms with Crippen LogP contribution >= 0.6 is 0 Å². The molecule has 1 saturated heterocycles. The van der Waals surface area contributed by atoms with Crippen LogP contribution in [0.2, 0.25) is 12.1 Å². The number of carbonyl (C=O) groups excluding carboxylic acids is 2. The first kappa shape index (κ1) is 27.7. The van der Waals surface area contributed by atoms with E-state index in [0.29, 0.717) is 30.7 Å². The highest BCUT2D eigenvalue weighted by molar-refractivity contribution is 6.59. The molecule has 5 rings (SSSR count). The number of fused-ring (bicyclic) bond motifs is 1. The molecule has 4 atom stereocenters. The van der Waals surface area contributed by atoms with Crippen molar-refractivity contribution in [2.75, 3.05) is 20.4 Å². The van der Waals surface area contributed by atoms with Gasteiger partial charge in [0.2, 0.25) is 5.91 Å². The van der Waals surface area contributed by atoms with Gasteiger partial charge in [0.1, 0.15) is 17.0 Å². The van der Waals surface area contributed by atoms with E-state index in [4.69, 9.17) is 29.6 Å². The third-order valence-corrected chi connectivity index (χ3v) is 7.74. The Morgan fingerprint density at radius 3 is 2.70 bits per heavy atom. The monoisotopic (exact) mass is 543 g/mol. The standard InChI is InChI=1S/C30H34BN3O6/c1-4-20-16-30(20,29(36)38-5-2)34-28(35)24-13-22(17-31(24)39-18-32)40-27-15-25(19-9-7-6-8-10-19)33-26-14-21(37-3)11-12-23(26)27/h4,6-12,14-15,20,22,24H,1,5,13,16-18,32H2,2-3H3,(H,34,35)/t20?,22-,24?,30+/m1/s1. The molecule has 2 heterocycles. The number of nitrogens with zero attached hydrogens (tertiary/aromatic N) is 1. The predicted molar refractivity (Wildman–Crippen MR) is 153 cm³/mol. The Bertz CT molecular complexity index is 1400. The fourth-order valence-corrected chi connectivity index (χ4v) is 5.55. The third kappa shape index (κ3) is 5.42. The van der Waals surface area contributed by atoms with Crippen molar-refractivity contribution in [3.63, 3.8) is 0 Å². The summed E-state index contributed by atoms with van der Waals surface area (Å²) in [5.74, 6) is -0.0968. The highest BCUT2D eigenvalue weighted by Gasteiger charge is 2.62. The average molecular weight is 543 g/mol. The van der Waals surface area contributed by atoms with Gasteiger partial charge in [-0.3, -0.25) is 4.79 Å². The Hall–Kier alpha value is -3.89. The lowest BCUT2D eigenvalue weighted by Crippen LogP contribution is -2.48. The maximum absolute atomic E-state index is 13.5. The van der Waals surface area contributed by atoms with Crippen molar-refractivity contribution in [3.05, 3.63) is 67.3 Å². The molecule has 0 radical (unpaired) electrons. The van der Waals surface area contributed by atoms with Crippen molar-refractivity contribution in [3.8, 4) is 22.8 Å². The number of pyridine rings is 1. The van der Waals surface area contributed by atoms with Crippen molar-refractivity contribution in [1.82, 2.24) is 10.3 Å². The van der Waals surface area contributed by atoms with Crippen LogP contribution in [-0.2, 0) is 19.0 Å². The van der Waals surface area contributed by atoms with Gasteiger partial charge in [-0.05, 0) is 38.2 Å². The van der Waals surface area contributed by atoms with E-state index in [-0.39, 0.29) is 31.3 Å². The molecule has 40 heavy (non-hydrogen) atoms. The number of aromatic nitrogens is 1. The quantitative estimate of drug-likeness (QED) is 0.161. The predicted octanol–water partition coefficient (Wildman–Crippen LogP) is 3.98. The summed E-state index contributed by atoms with van der Waals surface area (Å²) in [4.78, 5) is 31.1. The molecule has 10 heteroatoms. The number of hydrogen-bond donors (Lipinski definition) is 2. The molecule has 2 unspecified atom stereocenters. The summed E-state index contributed by atoms with van der Waals surface area (Å²) in [7, 11) is 1.62. The average Bonchev–Trinajstić information content (AvgIpc) is 3.55. The summed E-state index contributed by atoms with van der Waals surface area (Å²) in [6.45, 7) is 5.28. The molecule has 208 valence electrons. The number of amides is 1. The molecule has 1 aliphatic carbocycles. The second-order valence-electron chi connectivity index (χ2n) is 10.2. The Labute approximate surface area is 234 Å². The fraction of sp³-hybridized carbons (Fsp3) is 0.367. The van der Waals surface area contributed by atoms with Crippen LogP contribution in [0.25, 0.3) is 22.2 Å². The second-order valence-corrected chi connectivity index (χ2v) is 10.2. The molecule has 0 spiro atoms. The fourth-order valence-electron chi connectivity index (χ4n) is 5.55. The maximum atomic E-state index is 13.5. The van der Waals surface area contributed by atoms with Gasteiger partial charge in [0, 0.05) is 34.8 Å². The van der Waals surface area contributed by atoms with Gasteiger partial charge in [-0.2, -0.15) is 0 Å². The zero-order chi connectivity index (χ0) is 28.3. The van der Waals surface area contributed by atoms with Gasteiger partial charge >= 0.3 is 12.9 Å². The smallest absolute Gasteiger partial charge is 0.332 e. The van der Waals surface area contributed by atoms with E-state index < -0.39 is 24.2 Å². The molecule has 2 aromatic carbocycles. The van der Waals surface area contributed by atoms with Crippen LogP contribution in [0.15, 0.2) is 67.3 Å². The number of esters is 1. The summed E-state index contributed by atoms with van der Waals surface area (Å²) in [6.07, 6.45) is 2.68. The second kappa shape index (κ2) is 11.7. The van der Waals surface area contributed by atoms with Crippen molar-refractivity contribution < 1.29 is 28.5 Å². The largest absolute Gasteiger partial charge is 0.497 e. The zero-order valence-corrected chi connectivity index (χ0v) is 22.8. The number of benzene rings is 2. The molecule has 3 aromatic rings. The summed E-state index contributed by atoms with van der Waals surface area (Å²) < 4.78 is 23.0. The number of carbonyl (C=O) groups is 2. The molecule has 1 aliphatic heterocycles. The Balaban J connectivity index is 1.40. The van der Waals surface area contributed by atoms with Crippen molar-refractivity contribution in [2.45, 2.75) is 43.5 Å². The zero-order valence-electron chi connectivity index (χ0n) is 22.8. The number of hydrogen-bond acceptors (Lipinski definition) is 8. The molecule has 1 aromatic heterocycles. The first-order valence-corrected chi connectivity index (χ1v) is 13.6.